The number of nitrogens with two attached hydrogens (primary N) is 1. The van der Waals surface area contributed by atoms with Crippen LogP contribution in [0.1, 0.15) is 80.7 Å². The Labute approximate surface area is 235 Å². The number of nitrogens with zero attached hydrogens (tertiary/aromatic N) is 2. The van der Waals surface area contributed by atoms with E-state index in [4.69, 9.17) is 5.73 Å². The number of benzene rings is 1. The molecule has 2 aromatic rings. The molecule has 40 heavy (non-hydrogen) atoms. The van der Waals surface area contributed by atoms with Crippen LogP contribution in [0.5, 0.6) is 0 Å². The summed E-state index contributed by atoms with van der Waals surface area (Å²) in [6.45, 7) is 2.67. The van der Waals surface area contributed by atoms with Crippen molar-refractivity contribution >= 4 is 23.6 Å². The van der Waals surface area contributed by atoms with Crippen molar-refractivity contribution < 1.29 is 19.5 Å². The number of pyridine rings is 1. The van der Waals surface area contributed by atoms with Gasteiger partial charge in [0.15, 0.2) is 0 Å². The average molecular weight is 548 g/mol. The van der Waals surface area contributed by atoms with E-state index in [2.05, 4.69) is 15.6 Å². The highest BCUT2D eigenvalue weighted by Gasteiger charge is 2.66. The summed E-state index contributed by atoms with van der Waals surface area (Å²) >= 11 is 0. The van der Waals surface area contributed by atoms with Crippen LogP contribution in [0.15, 0.2) is 42.5 Å². The van der Waals surface area contributed by atoms with Crippen LogP contribution in [-0.4, -0.2) is 50.9 Å². The fourth-order valence-electron chi connectivity index (χ4n) is 6.86. The van der Waals surface area contributed by atoms with E-state index in [1.165, 1.54) is 6.42 Å². The summed E-state index contributed by atoms with van der Waals surface area (Å²) < 4.78 is 0. The highest BCUT2D eigenvalue weighted by molar-refractivity contribution is 5.96. The molecule has 5 N–H and O–H groups in total. The Balaban J connectivity index is 1.37. The largest absolute Gasteiger partial charge is 0.480 e. The Morgan fingerprint density at radius 1 is 1.07 bits per heavy atom. The quantitative estimate of drug-likeness (QED) is 0.356. The van der Waals surface area contributed by atoms with Gasteiger partial charge in [-0.15, -0.1) is 0 Å². The average Bonchev–Trinajstić information content (AvgIpc) is 3.71. The summed E-state index contributed by atoms with van der Waals surface area (Å²) in [6.07, 6.45) is 8.49. The number of carboxylic acid groups (broad SMARTS) is 1. The number of hydrogen-bond donors (Lipinski definition) is 4. The van der Waals surface area contributed by atoms with Crippen molar-refractivity contribution in [2.75, 3.05) is 12.3 Å². The van der Waals surface area contributed by atoms with Gasteiger partial charge < -0.3 is 21.1 Å². The number of carbonyl (C=O) groups is 3. The van der Waals surface area contributed by atoms with Crippen LogP contribution < -0.4 is 16.4 Å². The molecule has 1 aromatic heterocycles. The van der Waals surface area contributed by atoms with E-state index in [-0.39, 0.29) is 17.7 Å². The van der Waals surface area contributed by atoms with Gasteiger partial charge in [-0.1, -0.05) is 68.5 Å². The highest BCUT2D eigenvalue weighted by atomic mass is 16.4. The molecule has 2 saturated carbocycles. The number of hydrogen-bond acceptors (Lipinski definition) is 6. The summed E-state index contributed by atoms with van der Waals surface area (Å²) in [5.74, 6) is -0.410. The van der Waals surface area contributed by atoms with Crippen molar-refractivity contribution in [3.63, 3.8) is 0 Å². The maximum absolute atomic E-state index is 14.3. The number of fused-ring (bicyclic) bond motifs is 1. The number of aromatic nitrogens is 1. The number of likely N-dealkylation sites (tertiary alicyclic amines) is 1. The van der Waals surface area contributed by atoms with Crippen LogP contribution >= 0.6 is 0 Å². The molecule has 1 unspecified atom stereocenters. The second-order valence-electron chi connectivity index (χ2n) is 11.8. The molecule has 5 rings (SSSR count). The first-order valence-corrected chi connectivity index (χ1v) is 14.6. The van der Waals surface area contributed by atoms with Crippen molar-refractivity contribution in [3.05, 3.63) is 59.3 Å². The molecule has 214 valence electrons. The molecule has 1 aromatic carbocycles. The Morgan fingerprint density at radius 3 is 2.52 bits per heavy atom. The van der Waals surface area contributed by atoms with Crippen LogP contribution in [-0.2, 0) is 20.9 Å². The highest BCUT2D eigenvalue weighted by Crippen LogP contribution is 2.54. The zero-order chi connectivity index (χ0) is 28.3. The number of amides is 2. The summed E-state index contributed by atoms with van der Waals surface area (Å²) in [5.41, 5.74) is 7.16. The minimum absolute atomic E-state index is 0.121. The first kappa shape index (κ1) is 28.1. The predicted octanol–water partition coefficient (Wildman–Crippen LogP) is 3.72. The first-order valence-electron chi connectivity index (χ1n) is 14.6. The Hall–Kier alpha value is -3.46. The standard InChI is InChI=1S/C31H41N5O4/c1-20-23(14-15-26(32)34-20)19-33-30(40)31-18-24(31)13-8-16-36(31)28(37)25(17-21-9-4-2-5-10-21)35-27(29(38)39)22-11-6-3-7-12-22/h3,6-7,11-12,14-15,21,24-25,27,35H,2,4-5,8-10,13,16-19H2,1H3,(H2,32,34)(H,33,40)(H,38,39)/t24-,25-,27?,31+/m1/s1. The summed E-state index contributed by atoms with van der Waals surface area (Å²) in [4.78, 5) is 46.5. The molecule has 0 radical (unpaired) electrons. The van der Waals surface area contributed by atoms with Crippen LogP contribution in [0.25, 0.3) is 0 Å². The van der Waals surface area contributed by atoms with Crippen LogP contribution in [0.2, 0.25) is 0 Å². The van der Waals surface area contributed by atoms with Crippen LogP contribution in [0, 0.1) is 18.8 Å². The third-order valence-corrected chi connectivity index (χ3v) is 9.14. The van der Waals surface area contributed by atoms with Crippen molar-refractivity contribution in [3.8, 4) is 0 Å². The monoisotopic (exact) mass is 547 g/mol. The lowest BCUT2D eigenvalue weighted by Gasteiger charge is -2.39. The van der Waals surface area contributed by atoms with Gasteiger partial charge in [0.2, 0.25) is 11.8 Å². The van der Waals surface area contributed by atoms with Crippen molar-refractivity contribution in [2.24, 2.45) is 11.8 Å². The molecular formula is C31H41N5O4. The number of aryl methyl sites for hydroxylation is 1. The summed E-state index contributed by atoms with van der Waals surface area (Å²) in [7, 11) is 0. The van der Waals surface area contributed by atoms with Gasteiger partial charge in [-0.3, -0.25) is 19.7 Å². The third-order valence-electron chi connectivity index (χ3n) is 9.14. The van der Waals surface area contributed by atoms with E-state index in [1.54, 1.807) is 23.1 Å². The smallest absolute Gasteiger partial charge is 0.325 e. The summed E-state index contributed by atoms with van der Waals surface area (Å²) in [6, 6.07) is 10.9. The number of anilines is 1. The molecule has 9 heteroatoms. The predicted molar refractivity (Wildman–Crippen MR) is 152 cm³/mol. The third kappa shape index (κ3) is 5.84. The zero-order valence-corrected chi connectivity index (χ0v) is 23.3. The number of nitrogen functional groups attached to an aromatic ring is 1. The number of rotatable bonds is 10. The lowest BCUT2D eigenvalue weighted by Crippen LogP contribution is -2.60. The SMILES string of the molecule is Cc1nc(N)ccc1CNC(=O)[C@]12C[C@H]1CCCN2C(=O)[C@@H](CC1CCCCC1)NC(C(=O)O)c1ccccc1. The van der Waals surface area contributed by atoms with Crippen molar-refractivity contribution in [2.45, 2.75) is 88.9 Å². The number of carbonyl (C=O) groups excluding carboxylic acids is 2. The van der Waals surface area contributed by atoms with E-state index in [0.717, 1.165) is 49.8 Å². The van der Waals surface area contributed by atoms with Crippen LogP contribution in [0.4, 0.5) is 5.82 Å². The van der Waals surface area contributed by atoms with Crippen molar-refractivity contribution in [1.82, 2.24) is 20.5 Å². The Bertz CT molecular complexity index is 1230. The van der Waals surface area contributed by atoms with Gasteiger partial charge in [0, 0.05) is 18.8 Å². The van der Waals surface area contributed by atoms with Gasteiger partial charge in [-0.25, -0.2) is 4.98 Å². The number of carboxylic acids is 1. The normalized spacial score (nSPS) is 24.0. The van der Waals surface area contributed by atoms with Crippen LogP contribution in [0.3, 0.4) is 0 Å². The number of aliphatic carboxylic acids is 1. The van der Waals surface area contributed by atoms with E-state index >= 15 is 0 Å². The minimum atomic E-state index is -1.02. The van der Waals surface area contributed by atoms with E-state index in [0.29, 0.717) is 43.2 Å². The Morgan fingerprint density at radius 2 is 1.82 bits per heavy atom. The molecule has 3 fully saturated rings. The van der Waals surface area contributed by atoms with Gasteiger partial charge in [-0.05, 0) is 61.6 Å². The second kappa shape index (κ2) is 12.0. The topological polar surface area (TPSA) is 138 Å². The maximum atomic E-state index is 14.3. The lowest BCUT2D eigenvalue weighted by atomic mass is 9.84. The molecule has 2 heterocycles. The van der Waals surface area contributed by atoms with Gasteiger partial charge >= 0.3 is 5.97 Å². The fourth-order valence-corrected chi connectivity index (χ4v) is 6.86. The van der Waals surface area contributed by atoms with Crippen molar-refractivity contribution in [1.29, 1.82) is 0 Å². The first-order chi connectivity index (χ1) is 19.3. The molecule has 9 nitrogen and oxygen atoms in total. The molecule has 2 aliphatic carbocycles. The molecule has 0 spiro atoms. The molecule has 2 amide bonds. The molecule has 1 aliphatic heterocycles. The fraction of sp³-hybridized carbons (Fsp3) is 0.548. The Kier molecular flexibility index (Phi) is 8.40. The van der Waals surface area contributed by atoms with Gasteiger partial charge in [-0.2, -0.15) is 0 Å². The van der Waals surface area contributed by atoms with Gasteiger partial charge in [0.1, 0.15) is 17.4 Å². The van der Waals surface area contributed by atoms with E-state index < -0.39 is 23.6 Å². The van der Waals surface area contributed by atoms with Gasteiger partial charge in [0.05, 0.1) is 6.04 Å². The molecule has 1 saturated heterocycles. The van der Waals surface area contributed by atoms with E-state index in [9.17, 15) is 19.5 Å². The molecule has 0 bridgehead atoms. The second-order valence-corrected chi connectivity index (χ2v) is 11.8. The van der Waals surface area contributed by atoms with Gasteiger partial charge in [0.25, 0.3) is 0 Å². The van der Waals surface area contributed by atoms with E-state index in [1.807, 2.05) is 31.2 Å². The number of nitrogens with one attached hydrogen (secondary N) is 2. The molecule has 3 aliphatic rings. The zero-order valence-electron chi connectivity index (χ0n) is 23.3. The summed E-state index contributed by atoms with van der Waals surface area (Å²) in [5, 5.41) is 16.4. The number of piperidine rings is 1. The lowest BCUT2D eigenvalue weighted by molar-refractivity contribution is -0.147. The maximum Gasteiger partial charge on any atom is 0.325 e. The minimum Gasteiger partial charge on any atom is -0.480 e. The molecule has 4 atom stereocenters. The molecular weight excluding hydrogens is 506 g/mol.